The van der Waals surface area contributed by atoms with E-state index in [1.807, 2.05) is 17.8 Å². The van der Waals surface area contributed by atoms with Gasteiger partial charge in [-0.2, -0.15) is 11.8 Å². The Bertz CT molecular complexity index is 548. The molecule has 3 heterocycles. The number of hydrogen-bond acceptors (Lipinski definition) is 5. The maximum Gasteiger partial charge on any atom is 0.311 e. The fourth-order valence-corrected chi connectivity index (χ4v) is 5.09. The number of aryl methyl sites for hydroxylation is 1. The minimum Gasteiger partial charge on any atom is -0.481 e. The third-order valence-corrected chi connectivity index (χ3v) is 6.26. The predicted molar refractivity (Wildman–Crippen MR) is 82.0 cm³/mol. The van der Waals surface area contributed by atoms with Crippen LogP contribution in [0.3, 0.4) is 0 Å². The lowest BCUT2D eigenvalue weighted by Crippen LogP contribution is -2.43. The average molecular weight is 327 g/mol. The van der Waals surface area contributed by atoms with Crippen LogP contribution >= 0.6 is 23.1 Å². The van der Waals surface area contributed by atoms with Crippen LogP contribution in [0.4, 0.5) is 0 Å². The number of carbonyl (C=O) groups is 2. The first-order valence-electron chi connectivity index (χ1n) is 6.85. The van der Waals surface area contributed by atoms with Crippen LogP contribution in [0.1, 0.15) is 20.1 Å². The van der Waals surface area contributed by atoms with Crippen molar-refractivity contribution in [2.45, 2.75) is 18.2 Å². The van der Waals surface area contributed by atoms with Crippen molar-refractivity contribution >= 4 is 35.0 Å². The third-order valence-electron chi connectivity index (χ3n) is 4.02. The van der Waals surface area contributed by atoms with Gasteiger partial charge >= 0.3 is 5.97 Å². The molecule has 1 N–H and O–H groups in total. The van der Waals surface area contributed by atoms with E-state index >= 15 is 0 Å². The van der Waals surface area contributed by atoms with E-state index in [2.05, 4.69) is 0 Å². The highest BCUT2D eigenvalue weighted by Crippen LogP contribution is 2.33. The van der Waals surface area contributed by atoms with Gasteiger partial charge in [0.25, 0.3) is 5.91 Å². The van der Waals surface area contributed by atoms with Crippen LogP contribution in [0, 0.1) is 5.92 Å². The summed E-state index contributed by atoms with van der Waals surface area (Å²) in [6, 6.07) is 1.58. The summed E-state index contributed by atoms with van der Waals surface area (Å²) < 4.78 is 5.24. The Morgan fingerprint density at radius 2 is 2.24 bits per heavy atom. The molecule has 1 amide bonds. The van der Waals surface area contributed by atoms with Crippen molar-refractivity contribution in [1.29, 1.82) is 0 Å². The Labute approximate surface area is 131 Å². The van der Waals surface area contributed by atoms with Gasteiger partial charge in [-0.15, -0.1) is 11.3 Å². The number of carboxylic acid groups (broad SMARTS) is 1. The van der Waals surface area contributed by atoms with Gasteiger partial charge in [-0.25, -0.2) is 0 Å². The standard InChI is InChI=1S/C14H17NO4S2/c1-15(10-6-19-5-9(10)14(17)18)13(16)12-4-8-7-20-3-2-11(8)21-12/h4,9-10H,2-3,5-7H2,1H3,(H,17,18). The number of carboxylic acids is 1. The second kappa shape index (κ2) is 5.98. The van der Waals surface area contributed by atoms with E-state index in [4.69, 9.17) is 4.74 Å². The molecule has 2 aliphatic rings. The number of thioether (sulfide) groups is 1. The largest absolute Gasteiger partial charge is 0.481 e. The number of ether oxygens (including phenoxy) is 1. The number of aliphatic carboxylic acids is 1. The molecule has 1 saturated heterocycles. The maximum absolute atomic E-state index is 12.6. The van der Waals surface area contributed by atoms with Crippen LogP contribution in [-0.2, 0) is 21.7 Å². The number of thiophene rings is 1. The molecule has 21 heavy (non-hydrogen) atoms. The van der Waals surface area contributed by atoms with Crippen molar-refractivity contribution in [3.05, 3.63) is 21.4 Å². The lowest BCUT2D eigenvalue weighted by atomic mass is 10.0. The van der Waals surface area contributed by atoms with Crippen molar-refractivity contribution < 1.29 is 19.4 Å². The van der Waals surface area contributed by atoms with Gasteiger partial charge in [-0.1, -0.05) is 0 Å². The first-order valence-corrected chi connectivity index (χ1v) is 8.82. The van der Waals surface area contributed by atoms with E-state index < -0.39 is 11.9 Å². The summed E-state index contributed by atoms with van der Waals surface area (Å²) in [5.41, 5.74) is 1.26. The van der Waals surface area contributed by atoms with Crippen molar-refractivity contribution in [2.24, 2.45) is 5.92 Å². The number of hydrogen-bond donors (Lipinski definition) is 1. The molecule has 114 valence electrons. The highest BCUT2D eigenvalue weighted by Gasteiger charge is 2.39. The molecule has 7 heteroatoms. The van der Waals surface area contributed by atoms with Crippen LogP contribution in [0.25, 0.3) is 0 Å². The van der Waals surface area contributed by atoms with Crippen LogP contribution < -0.4 is 0 Å². The highest BCUT2D eigenvalue weighted by molar-refractivity contribution is 7.98. The quantitative estimate of drug-likeness (QED) is 0.915. The monoisotopic (exact) mass is 327 g/mol. The summed E-state index contributed by atoms with van der Waals surface area (Å²) in [7, 11) is 1.67. The molecule has 0 aromatic carbocycles. The summed E-state index contributed by atoms with van der Waals surface area (Å²) >= 11 is 3.43. The van der Waals surface area contributed by atoms with E-state index in [0.29, 0.717) is 11.5 Å². The molecule has 2 atom stereocenters. The van der Waals surface area contributed by atoms with Gasteiger partial charge in [-0.05, 0) is 23.8 Å². The summed E-state index contributed by atoms with van der Waals surface area (Å²) in [5, 5.41) is 9.20. The Morgan fingerprint density at radius 1 is 1.43 bits per heavy atom. The van der Waals surface area contributed by atoms with E-state index in [-0.39, 0.29) is 18.6 Å². The second-order valence-corrected chi connectivity index (χ2v) is 7.57. The lowest BCUT2D eigenvalue weighted by molar-refractivity contribution is -0.142. The van der Waals surface area contributed by atoms with Crippen LogP contribution in [0.15, 0.2) is 6.07 Å². The molecule has 1 fully saturated rings. The van der Waals surface area contributed by atoms with E-state index in [1.165, 1.54) is 15.3 Å². The molecule has 0 aliphatic carbocycles. The van der Waals surface area contributed by atoms with E-state index in [9.17, 15) is 14.7 Å². The molecular formula is C14H17NO4S2. The summed E-state index contributed by atoms with van der Waals surface area (Å²) in [6.07, 6.45) is 1.02. The van der Waals surface area contributed by atoms with Gasteiger partial charge in [0.2, 0.25) is 0 Å². The zero-order chi connectivity index (χ0) is 15.0. The van der Waals surface area contributed by atoms with Gasteiger partial charge in [0.1, 0.15) is 5.92 Å². The van der Waals surface area contributed by atoms with Crippen molar-refractivity contribution in [3.63, 3.8) is 0 Å². The molecular weight excluding hydrogens is 310 g/mol. The zero-order valence-corrected chi connectivity index (χ0v) is 13.3. The number of carbonyl (C=O) groups excluding carboxylic acids is 1. The van der Waals surface area contributed by atoms with Crippen molar-refractivity contribution in [1.82, 2.24) is 4.90 Å². The first-order chi connectivity index (χ1) is 10.1. The zero-order valence-electron chi connectivity index (χ0n) is 11.7. The first kappa shape index (κ1) is 14.9. The maximum atomic E-state index is 12.6. The van der Waals surface area contributed by atoms with Gasteiger partial charge in [-0.3, -0.25) is 9.59 Å². The van der Waals surface area contributed by atoms with Gasteiger partial charge in [0.15, 0.2) is 0 Å². The number of amides is 1. The molecule has 2 aliphatic heterocycles. The smallest absolute Gasteiger partial charge is 0.311 e. The number of rotatable bonds is 3. The fourth-order valence-electron chi connectivity index (χ4n) is 2.74. The summed E-state index contributed by atoms with van der Waals surface area (Å²) in [6.45, 7) is 0.468. The van der Waals surface area contributed by atoms with E-state index in [0.717, 1.165) is 17.9 Å². The van der Waals surface area contributed by atoms with Crippen molar-refractivity contribution in [3.8, 4) is 0 Å². The second-order valence-electron chi connectivity index (χ2n) is 5.33. The normalized spacial score (nSPS) is 24.6. The molecule has 0 radical (unpaired) electrons. The number of fused-ring (bicyclic) bond motifs is 1. The molecule has 0 bridgehead atoms. The van der Waals surface area contributed by atoms with Crippen LogP contribution in [0.2, 0.25) is 0 Å². The van der Waals surface area contributed by atoms with Crippen LogP contribution in [0.5, 0.6) is 0 Å². The molecule has 0 saturated carbocycles. The predicted octanol–water partition coefficient (Wildman–Crippen LogP) is 1.71. The summed E-state index contributed by atoms with van der Waals surface area (Å²) in [5.74, 6) is 0.436. The third kappa shape index (κ3) is 2.82. The number of nitrogens with zero attached hydrogens (tertiary/aromatic N) is 1. The molecule has 3 rings (SSSR count). The molecule has 1 aromatic heterocycles. The molecule has 5 nitrogen and oxygen atoms in total. The van der Waals surface area contributed by atoms with Gasteiger partial charge < -0.3 is 14.7 Å². The Balaban J connectivity index is 1.78. The summed E-state index contributed by atoms with van der Waals surface area (Å²) in [4.78, 5) is 27.4. The molecule has 0 spiro atoms. The SMILES string of the molecule is CN(C(=O)c1cc2c(s1)CCSC2)C1COCC1C(=O)O. The van der Waals surface area contributed by atoms with E-state index in [1.54, 1.807) is 18.4 Å². The molecule has 1 aromatic rings. The minimum absolute atomic E-state index is 0.0962. The number of likely N-dealkylation sites (N-methyl/N-ethyl adjacent to an activating group) is 1. The lowest BCUT2D eigenvalue weighted by Gasteiger charge is -2.25. The Kier molecular flexibility index (Phi) is 4.24. The molecule has 2 unspecified atom stereocenters. The van der Waals surface area contributed by atoms with Gasteiger partial charge in [0, 0.05) is 17.7 Å². The van der Waals surface area contributed by atoms with Gasteiger partial charge in [0.05, 0.1) is 24.1 Å². The highest BCUT2D eigenvalue weighted by atomic mass is 32.2. The minimum atomic E-state index is -0.904. The van der Waals surface area contributed by atoms with Crippen LogP contribution in [-0.4, -0.2) is 53.9 Å². The van der Waals surface area contributed by atoms with Crippen molar-refractivity contribution in [2.75, 3.05) is 26.0 Å². The average Bonchev–Trinajstić information content (AvgIpc) is 3.11. The Hall–Kier alpha value is -1.05. The topological polar surface area (TPSA) is 66.8 Å². The Morgan fingerprint density at radius 3 is 2.95 bits per heavy atom. The fraction of sp³-hybridized carbons (Fsp3) is 0.571.